The smallest absolute Gasteiger partial charge is 0.198 e. The van der Waals surface area contributed by atoms with Crippen molar-refractivity contribution in [3.05, 3.63) is 41.6 Å². The Morgan fingerprint density at radius 1 is 1.18 bits per heavy atom. The van der Waals surface area contributed by atoms with Gasteiger partial charge in [-0.25, -0.2) is 4.98 Å². The van der Waals surface area contributed by atoms with Crippen LogP contribution in [-0.2, 0) is 0 Å². The maximum atomic E-state index is 5.94. The summed E-state index contributed by atoms with van der Waals surface area (Å²) < 4.78 is 1.81. The Bertz CT molecular complexity index is 691. The molecule has 3 aromatic rings. The van der Waals surface area contributed by atoms with E-state index < -0.39 is 0 Å². The van der Waals surface area contributed by atoms with Gasteiger partial charge in [-0.2, -0.15) is 0 Å². The molecular weight excluding hydrogens is 238 g/mol. The molecular formula is C11H8ClN5. The van der Waals surface area contributed by atoms with Gasteiger partial charge < -0.3 is 0 Å². The van der Waals surface area contributed by atoms with Crippen molar-refractivity contribution in [3.63, 3.8) is 0 Å². The monoisotopic (exact) mass is 245 g/mol. The molecule has 0 aromatic carbocycles. The number of rotatable bonds is 1. The fourth-order valence-electron chi connectivity index (χ4n) is 1.68. The molecule has 0 spiro atoms. The van der Waals surface area contributed by atoms with Crippen LogP contribution < -0.4 is 0 Å². The lowest BCUT2D eigenvalue weighted by molar-refractivity contribution is 1.10. The quantitative estimate of drug-likeness (QED) is 0.659. The molecule has 84 valence electrons. The van der Waals surface area contributed by atoms with E-state index in [0.717, 1.165) is 17.1 Å². The Morgan fingerprint density at radius 2 is 2.06 bits per heavy atom. The molecule has 0 unspecified atom stereocenters. The van der Waals surface area contributed by atoms with Crippen LogP contribution in [0.5, 0.6) is 0 Å². The highest BCUT2D eigenvalue weighted by molar-refractivity contribution is 6.32. The minimum atomic E-state index is 0.344. The molecule has 0 bridgehead atoms. The Labute approximate surface area is 102 Å². The number of nitrogens with zero attached hydrogens (tertiary/aromatic N) is 5. The van der Waals surface area contributed by atoms with Gasteiger partial charge in [0.15, 0.2) is 16.6 Å². The highest BCUT2D eigenvalue weighted by atomic mass is 35.5. The molecule has 0 amide bonds. The fraction of sp³-hybridized carbons (Fsp3) is 0.0909. The molecule has 17 heavy (non-hydrogen) atoms. The van der Waals surface area contributed by atoms with Crippen LogP contribution in [0, 0.1) is 6.92 Å². The summed E-state index contributed by atoms with van der Waals surface area (Å²) in [5, 5.41) is 8.50. The minimum Gasteiger partial charge on any atom is -0.278 e. The second-order valence-corrected chi connectivity index (χ2v) is 3.98. The van der Waals surface area contributed by atoms with Crippen LogP contribution in [0.15, 0.2) is 30.7 Å². The zero-order valence-corrected chi connectivity index (χ0v) is 9.76. The SMILES string of the molecule is Cc1cc(-c2nnc3c(Cl)nccn23)ccn1. The first-order valence-electron chi connectivity index (χ1n) is 5.04. The van der Waals surface area contributed by atoms with Gasteiger partial charge in [0, 0.05) is 29.8 Å². The molecule has 0 aliphatic heterocycles. The highest BCUT2D eigenvalue weighted by Gasteiger charge is 2.10. The van der Waals surface area contributed by atoms with Crippen molar-refractivity contribution in [3.8, 4) is 11.4 Å². The first-order chi connectivity index (χ1) is 8.25. The first-order valence-corrected chi connectivity index (χ1v) is 5.42. The number of hydrogen-bond donors (Lipinski definition) is 0. The number of halogens is 1. The summed E-state index contributed by atoms with van der Waals surface area (Å²) >= 11 is 5.94. The number of pyridine rings is 1. The van der Waals surface area contributed by atoms with E-state index in [1.54, 1.807) is 18.6 Å². The van der Waals surface area contributed by atoms with Crippen LogP contribution in [0.4, 0.5) is 0 Å². The van der Waals surface area contributed by atoms with Crippen molar-refractivity contribution in [2.45, 2.75) is 6.92 Å². The molecule has 0 saturated heterocycles. The molecule has 0 atom stereocenters. The molecule has 0 aliphatic rings. The first kappa shape index (κ1) is 10.2. The normalized spacial score (nSPS) is 10.9. The predicted octanol–water partition coefficient (Wildman–Crippen LogP) is 2.15. The molecule has 5 nitrogen and oxygen atoms in total. The van der Waals surface area contributed by atoms with Gasteiger partial charge in [0.05, 0.1) is 0 Å². The van der Waals surface area contributed by atoms with Crippen LogP contribution in [0.25, 0.3) is 17.0 Å². The average molecular weight is 246 g/mol. The van der Waals surface area contributed by atoms with E-state index >= 15 is 0 Å². The van der Waals surface area contributed by atoms with Gasteiger partial charge in [-0.05, 0) is 19.1 Å². The van der Waals surface area contributed by atoms with Crippen molar-refractivity contribution in [2.75, 3.05) is 0 Å². The maximum absolute atomic E-state index is 5.94. The predicted molar refractivity (Wildman–Crippen MR) is 63.8 cm³/mol. The summed E-state index contributed by atoms with van der Waals surface area (Å²) in [5.41, 5.74) is 2.44. The Hall–Kier alpha value is -2.01. The Balaban J connectivity index is 2.28. The van der Waals surface area contributed by atoms with E-state index in [9.17, 15) is 0 Å². The number of aromatic nitrogens is 5. The topological polar surface area (TPSA) is 56.0 Å². The molecule has 0 N–H and O–H groups in total. The van der Waals surface area contributed by atoms with Crippen LogP contribution in [0.1, 0.15) is 5.69 Å². The van der Waals surface area contributed by atoms with Crippen molar-refractivity contribution in [1.29, 1.82) is 0 Å². The number of fused-ring (bicyclic) bond motifs is 1. The van der Waals surface area contributed by atoms with Crippen molar-refractivity contribution >= 4 is 17.2 Å². The molecule has 3 heterocycles. The molecule has 0 fully saturated rings. The second-order valence-electron chi connectivity index (χ2n) is 3.62. The third-order valence-electron chi connectivity index (χ3n) is 2.44. The van der Waals surface area contributed by atoms with Gasteiger partial charge in [-0.3, -0.25) is 9.38 Å². The summed E-state index contributed by atoms with van der Waals surface area (Å²) in [7, 11) is 0. The third kappa shape index (κ3) is 1.64. The third-order valence-corrected chi connectivity index (χ3v) is 2.71. The number of aryl methyl sites for hydroxylation is 1. The highest BCUT2D eigenvalue weighted by Crippen LogP contribution is 2.20. The van der Waals surface area contributed by atoms with E-state index in [1.807, 2.05) is 23.5 Å². The molecule has 6 heteroatoms. The molecule has 3 aromatic heterocycles. The zero-order valence-electron chi connectivity index (χ0n) is 9.00. The molecule has 3 rings (SSSR count). The van der Waals surface area contributed by atoms with Gasteiger partial charge in [-0.15, -0.1) is 10.2 Å². The van der Waals surface area contributed by atoms with Gasteiger partial charge in [0.1, 0.15) is 0 Å². The summed E-state index contributed by atoms with van der Waals surface area (Å²) in [6.07, 6.45) is 5.15. The van der Waals surface area contributed by atoms with E-state index in [1.165, 1.54) is 0 Å². The van der Waals surface area contributed by atoms with Crippen molar-refractivity contribution in [2.24, 2.45) is 0 Å². The summed E-state index contributed by atoms with van der Waals surface area (Å²) in [6, 6.07) is 3.84. The van der Waals surface area contributed by atoms with Crippen LogP contribution in [0.2, 0.25) is 5.15 Å². The van der Waals surface area contributed by atoms with E-state index in [4.69, 9.17) is 11.6 Å². The fourth-order valence-corrected chi connectivity index (χ4v) is 1.86. The van der Waals surface area contributed by atoms with Gasteiger partial charge in [0.25, 0.3) is 0 Å². The minimum absolute atomic E-state index is 0.344. The lowest BCUT2D eigenvalue weighted by Crippen LogP contribution is -1.91. The lowest BCUT2D eigenvalue weighted by Gasteiger charge is -2.00. The molecule has 0 aliphatic carbocycles. The zero-order chi connectivity index (χ0) is 11.8. The molecule has 0 saturated carbocycles. The van der Waals surface area contributed by atoms with Crippen LogP contribution >= 0.6 is 11.6 Å². The van der Waals surface area contributed by atoms with Gasteiger partial charge >= 0.3 is 0 Å². The largest absolute Gasteiger partial charge is 0.278 e. The van der Waals surface area contributed by atoms with Crippen molar-refractivity contribution < 1.29 is 0 Å². The maximum Gasteiger partial charge on any atom is 0.198 e. The lowest BCUT2D eigenvalue weighted by atomic mass is 10.2. The summed E-state index contributed by atoms with van der Waals surface area (Å²) in [5.74, 6) is 0.731. The van der Waals surface area contributed by atoms with Crippen LogP contribution in [-0.4, -0.2) is 24.6 Å². The van der Waals surface area contributed by atoms with E-state index in [-0.39, 0.29) is 0 Å². The molecule has 0 radical (unpaired) electrons. The Kier molecular flexibility index (Phi) is 2.26. The number of hydrogen-bond acceptors (Lipinski definition) is 4. The standard InChI is InChI=1S/C11H8ClN5/c1-7-6-8(2-3-13-7)10-15-16-11-9(12)14-4-5-17(10)11/h2-6H,1H3. The second kappa shape index (κ2) is 3.78. The summed E-state index contributed by atoms with van der Waals surface area (Å²) in [6.45, 7) is 1.93. The summed E-state index contributed by atoms with van der Waals surface area (Å²) in [4.78, 5) is 8.11. The average Bonchev–Trinajstić information content (AvgIpc) is 2.74. The van der Waals surface area contributed by atoms with Crippen LogP contribution in [0.3, 0.4) is 0 Å². The Morgan fingerprint density at radius 3 is 2.88 bits per heavy atom. The van der Waals surface area contributed by atoms with E-state index in [0.29, 0.717) is 10.8 Å². The van der Waals surface area contributed by atoms with E-state index in [2.05, 4.69) is 20.2 Å². The van der Waals surface area contributed by atoms with Gasteiger partial charge in [0.2, 0.25) is 0 Å². The van der Waals surface area contributed by atoms with Gasteiger partial charge in [-0.1, -0.05) is 11.6 Å². The van der Waals surface area contributed by atoms with Crippen molar-refractivity contribution in [1.82, 2.24) is 24.6 Å².